The number of hydrogen-bond acceptors (Lipinski definition) is 6. The van der Waals surface area contributed by atoms with Gasteiger partial charge < -0.3 is 19.1 Å². The van der Waals surface area contributed by atoms with E-state index in [9.17, 15) is 0 Å². The lowest BCUT2D eigenvalue weighted by Crippen LogP contribution is -2.01. The van der Waals surface area contributed by atoms with Gasteiger partial charge in [-0.2, -0.15) is 9.97 Å². The van der Waals surface area contributed by atoms with E-state index in [1.54, 1.807) is 19.4 Å². The lowest BCUT2D eigenvalue weighted by molar-refractivity contribution is 0.280. The number of aliphatic hydroxyl groups excluding tert-OH is 1. The van der Waals surface area contributed by atoms with Gasteiger partial charge in [-0.25, -0.2) is 4.98 Å². The molecule has 3 aromatic rings. The van der Waals surface area contributed by atoms with Gasteiger partial charge in [-0.3, -0.25) is 0 Å². The summed E-state index contributed by atoms with van der Waals surface area (Å²) in [6, 6.07) is 9.96. The van der Waals surface area contributed by atoms with E-state index < -0.39 is 0 Å². The molecule has 0 aliphatic heterocycles. The van der Waals surface area contributed by atoms with Crippen LogP contribution in [0.25, 0.3) is 22.6 Å². The molecule has 2 aromatic heterocycles. The van der Waals surface area contributed by atoms with E-state index in [1.165, 1.54) is 7.11 Å². The third-order valence-corrected chi connectivity index (χ3v) is 3.79. The Balaban J connectivity index is 1.89. The van der Waals surface area contributed by atoms with Crippen LogP contribution in [0.5, 0.6) is 11.9 Å². The van der Waals surface area contributed by atoms with Crippen molar-refractivity contribution in [3.8, 4) is 34.5 Å². The van der Waals surface area contributed by atoms with Crippen molar-refractivity contribution < 1.29 is 14.6 Å². The summed E-state index contributed by atoms with van der Waals surface area (Å²) in [6.45, 7) is 0.891. The fraction of sp³-hybridized carbons (Fsp3) is 0.278. The van der Waals surface area contributed by atoms with Gasteiger partial charge in [0.2, 0.25) is 5.88 Å². The average Bonchev–Trinajstić information content (AvgIpc) is 3.14. The van der Waals surface area contributed by atoms with E-state index in [1.807, 2.05) is 35.0 Å². The molecule has 0 unspecified atom stereocenters. The molecule has 0 aliphatic rings. The molecule has 0 saturated heterocycles. The van der Waals surface area contributed by atoms with Gasteiger partial charge in [0.1, 0.15) is 5.82 Å². The van der Waals surface area contributed by atoms with Crippen molar-refractivity contribution in [3.63, 3.8) is 0 Å². The van der Waals surface area contributed by atoms with E-state index in [-0.39, 0.29) is 12.6 Å². The quantitative estimate of drug-likeness (QED) is 0.711. The van der Waals surface area contributed by atoms with Gasteiger partial charge in [-0.15, -0.1) is 0 Å². The molecule has 25 heavy (non-hydrogen) atoms. The highest BCUT2D eigenvalue weighted by Crippen LogP contribution is 2.26. The number of aromatic nitrogens is 4. The molecular formula is C18H20N4O3. The molecule has 0 saturated carbocycles. The number of methoxy groups -OCH3 is 2. The number of rotatable bonds is 7. The third-order valence-electron chi connectivity index (χ3n) is 3.79. The molecule has 0 fully saturated rings. The highest BCUT2D eigenvalue weighted by molar-refractivity contribution is 5.66. The van der Waals surface area contributed by atoms with Crippen molar-refractivity contribution in [1.29, 1.82) is 0 Å². The van der Waals surface area contributed by atoms with E-state index in [0.29, 0.717) is 12.3 Å². The zero-order chi connectivity index (χ0) is 17.6. The van der Waals surface area contributed by atoms with Gasteiger partial charge >= 0.3 is 6.01 Å². The van der Waals surface area contributed by atoms with Crippen LogP contribution in [0, 0.1) is 0 Å². The standard InChI is InChI=1S/C18H20N4O3/c1-24-16-12-15(20-18(21-16)25-2)13-4-6-14(7-5-13)17-19-8-10-22(17)9-3-11-23/h4-8,10,12,23H,3,9,11H2,1-2H3. The summed E-state index contributed by atoms with van der Waals surface area (Å²) in [6.07, 6.45) is 4.38. The first-order chi connectivity index (χ1) is 12.2. The molecule has 3 rings (SSSR count). The summed E-state index contributed by atoms with van der Waals surface area (Å²) in [5.41, 5.74) is 2.65. The highest BCUT2D eigenvalue weighted by Gasteiger charge is 2.10. The molecule has 0 bridgehead atoms. The lowest BCUT2D eigenvalue weighted by atomic mass is 10.1. The lowest BCUT2D eigenvalue weighted by Gasteiger charge is -2.09. The Bertz CT molecular complexity index is 808. The van der Waals surface area contributed by atoms with Crippen LogP contribution in [0.2, 0.25) is 0 Å². The van der Waals surface area contributed by atoms with Crippen LogP contribution in [0.1, 0.15) is 6.42 Å². The fourth-order valence-electron chi connectivity index (χ4n) is 2.53. The van der Waals surface area contributed by atoms with Crippen molar-refractivity contribution in [3.05, 3.63) is 42.7 Å². The molecule has 1 N–H and O–H groups in total. The Morgan fingerprint density at radius 2 is 1.80 bits per heavy atom. The first kappa shape index (κ1) is 16.9. The van der Waals surface area contributed by atoms with Gasteiger partial charge in [0, 0.05) is 42.7 Å². The maximum atomic E-state index is 9.01. The Morgan fingerprint density at radius 1 is 1.04 bits per heavy atom. The Labute approximate surface area is 145 Å². The number of aryl methyl sites for hydroxylation is 1. The second-order valence-corrected chi connectivity index (χ2v) is 5.38. The summed E-state index contributed by atoms with van der Waals surface area (Å²) in [5.74, 6) is 1.32. The summed E-state index contributed by atoms with van der Waals surface area (Å²) in [5, 5.41) is 9.01. The highest BCUT2D eigenvalue weighted by atomic mass is 16.5. The van der Waals surface area contributed by atoms with Crippen LogP contribution in [-0.4, -0.2) is 45.5 Å². The molecule has 2 heterocycles. The van der Waals surface area contributed by atoms with Crippen LogP contribution in [0.3, 0.4) is 0 Å². The number of ether oxygens (including phenoxy) is 2. The summed E-state index contributed by atoms with van der Waals surface area (Å²) >= 11 is 0. The third kappa shape index (κ3) is 3.77. The van der Waals surface area contributed by atoms with E-state index in [4.69, 9.17) is 14.6 Å². The van der Waals surface area contributed by atoms with Crippen molar-refractivity contribution in [1.82, 2.24) is 19.5 Å². The number of aliphatic hydroxyl groups is 1. The maximum absolute atomic E-state index is 9.01. The SMILES string of the molecule is COc1cc(-c2ccc(-c3nccn3CCCO)cc2)nc(OC)n1. The van der Waals surface area contributed by atoms with Gasteiger partial charge in [0.15, 0.2) is 0 Å². The topological polar surface area (TPSA) is 82.3 Å². The van der Waals surface area contributed by atoms with Crippen LogP contribution >= 0.6 is 0 Å². The minimum atomic E-state index is 0.161. The van der Waals surface area contributed by atoms with E-state index in [0.717, 1.165) is 29.2 Å². The molecule has 130 valence electrons. The summed E-state index contributed by atoms with van der Waals surface area (Å²) in [7, 11) is 3.08. The van der Waals surface area contributed by atoms with Crippen molar-refractivity contribution in [2.45, 2.75) is 13.0 Å². The summed E-state index contributed by atoms with van der Waals surface area (Å²) < 4.78 is 12.3. The van der Waals surface area contributed by atoms with E-state index in [2.05, 4.69) is 15.0 Å². The zero-order valence-electron chi connectivity index (χ0n) is 14.2. The van der Waals surface area contributed by atoms with Crippen molar-refractivity contribution in [2.75, 3.05) is 20.8 Å². The molecule has 1 aromatic carbocycles. The molecule has 0 atom stereocenters. The Hall–Kier alpha value is -2.93. The summed E-state index contributed by atoms with van der Waals surface area (Å²) in [4.78, 5) is 12.9. The van der Waals surface area contributed by atoms with Gasteiger partial charge in [-0.1, -0.05) is 24.3 Å². The van der Waals surface area contributed by atoms with Gasteiger partial charge in [0.25, 0.3) is 0 Å². The molecule has 0 radical (unpaired) electrons. The molecular weight excluding hydrogens is 320 g/mol. The largest absolute Gasteiger partial charge is 0.481 e. The van der Waals surface area contributed by atoms with Crippen LogP contribution in [-0.2, 0) is 6.54 Å². The van der Waals surface area contributed by atoms with Crippen molar-refractivity contribution >= 4 is 0 Å². The average molecular weight is 340 g/mol. The maximum Gasteiger partial charge on any atom is 0.320 e. The van der Waals surface area contributed by atoms with E-state index >= 15 is 0 Å². The minimum absolute atomic E-state index is 0.161. The Morgan fingerprint density at radius 3 is 2.48 bits per heavy atom. The molecule has 0 spiro atoms. The molecule has 7 heteroatoms. The number of benzene rings is 1. The monoisotopic (exact) mass is 340 g/mol. The predicted octanol–water partition coefficient (Wildman–Crippen LogP) is 2.41. The first-order valence-corrected chi connectivity index (χ1v) is 7.95. The normalized spacial score (nSPS) is 10.7. The second-order valence-electron chi connectivity index (χ2n) is 5.38. The number of imidazole rings is 1. The van der Waals surface area contributed by atoms with Crippen LogP contribution in [0.4, 0.5) is 0 Å². The number of hydrogen-bond donors (Lipinski definition) is 1. The second kappa shape index (κ2) is 7.76. The Kier molecular flexibility index (Phi) is 5.25. The fourth-order valence-corrected chi connectivity index (χ4v) is 2.53. The van der Waals surface area contributed by atoms with Crippen molar-refractivity contribution in [2.24, 2.45) is 0 Å². The molecule has 0 amide bonds. The predicted molar refractivity (Wildman–Crippen MR) is 93.5 cm³/mol. The van der Waals surface area contributed by atoms with Gasteiger partial charge in [0.05, 0.1) is 19.9 Å². The van der Waals surface area contributed by atoms with Crippen LogP contribution in [0.15, 0.2) is 42.7 Å². The van der Waals surface area contributed by atoms with Gasteiger partial charge in [-0.05, 0) is 6.42 Å². The zero-order valence-corrected chi connectivity index (χ0v) is 14.2. The molecule has 0 aliphatic carbocycles. The number of nitrogens with zero attached hydrogens (tertiary/aromatic N) is 4. The smallest absolute Gasteiger partial charge is 0.320 e. The molecule has 7 nitrogen and oxygen atoms in total. The van der Waals surface area contributed by atoms with Crippen LogP contribution < -0.4 is 9.47 Å². The first-order valence-electron chi connectivity index (χ1n) is 7.95. The minimum Gasteiger partial charge on any atom is -0.481 e.